The van der Waals surface area contributed by atoms with E-state index < -0.39 is 30.1 Å². The second-order valence-corrected chi connectivity index (χ2v) is 8.22. The van der Waals surface area contributed by atoms with Crippen molar-refractivity contribution in [2.75, 3.05) is 6.54 Å². The molecule has 3 atom stereocenters. The maximum Gasteiger partial charge on any atom is 0.321 e. The number of carboxylic acids is 1. The Balaban J connectivity index is 2.90. The monoisotopic (exact) mass is 465 g/mol. The van der Waals surface area contributed by atoms with Crippen LogP contribution in [0.3, 0.4) is 0 Å². The molecule has 0 saturated carbocycles. The van der Waals surface area contributed by atoms with Crippen LogP contribution in [0.15, 0.2) is 18.2 Å². The van der Waals surface area contributed by atoms with E-state index in [1.54, 1.807) is 33.8 Å². The second-order valence-electron chi connectivity index (χ2n) is 8.22. The Morgan fingerprint density at radius 2 is 1.52 bits per heavy atom. The molecule has 9 heteroatoms. The molecule has 9 nitrogen and oxygen atoms in total. The SMILES string of the molecule is CCC(=O)Oc1ccc(C[C@H](NCC(C)OC(=O)C(C)C(C)C)C(=O)O)cc1OC(=O)CC. The molecule has 0 bridgehead atoms. The van der Waals surface area contributed by atoms with Crippen LogP contribution in [0.2, 0.25) is 0 Å². The molecule has 1 rings (SSSR count). The Morgan fingerprint density at radius 3 is 2.03 bits per heavy atom. The van der Waals surface area contributed by atoms with Gasteiger partial charge in [-0.25, -0.2) is 0 Å². The summed E-state index contributed by atoms with van der Waals surface area (Å²) in [6, 6.07) is 3.58. The van der Waals surface area contributed by atoms with Crippen molar-refractivity contribution in [3.05, 3.63) is 23.8 Å². The summed E-state index contributed by atoms with van der Waals surface area (Å²) in [4.78, 5) is 47.3. The minimum Gasteiger partial charge on any atom is -0.480 e. The quantitative estimate of drug-likeness (QED) is 0.333. The van der Waals surface area contributed by atoms with Gasteiger partial charge in [-0.05, 0) is 37.0 Å². The third kappa shape index (κ3) is 9.61. The molecule has 2 N–H and O–H groups in total. The van der Waals surface area contributed by atoms with Crippen LogP contribution in [0.5, 0.6) is 11.5 Å². The number of nitrogens with one attached hydrogen (secondary N) is 1. The van der Waals surface area contributed by atoms with Gasteiger partial charge in [-0.1, -0.05) is 40.7 Å². The first kappa shape index (κ1) is 28.1. The molecule has 1 aromatic carbocycles. The largest absolute Gasteiger partial charge is 0.480 e. The van der Waals surface area contributed by atoms with Gasteiger partial charge in [0.15, 0.2) is 11.5 Å². The van der Waals surface area contributed by atoms with Crippen LogP contribution in [-0.4, -0.2) is 47.7 Å². The molecule has 0 saturated heterocycles. The first-order chi connectivity index (χ1) is 15.5. The molecule has 33 heavy (non-hydrogen) atoms. The van der Waals surface area contributed by atoms with Crippen LogP contribution in [0.25, 0.3) is 0 Å². The number of rotatable bonds is 13. The minimum atomic E-state index is -1.09. The summed E-state index contributed by atoms with van der Waals surface area (Å²) < 4.78 is 15.9. The van der Waals surface area contributed by atoms with Crippen LogP contribution >= 0.6 is 0 Å². The van der Waals surface area contributed by atoms with Gasteiger partial charge in [0, 0.05) is 19.4 Å². The Kier molecular flexibility index (Phi) is 11.6. The lowest BCUT2D eigenvalue weighted by Crippen LogP contribution is -2.43. The maximum atomic E-state index is 12.1. The molecular weight excluding hydrogens is 430 g/mol. The predicted molar refractivity (Wildman–Crippen MR) is 121 cm³/mol. The smallest absolute Gasteiger partial charge is 0.321 e. The molecule has 0 aliphatic rings. The lowest BCUT2D eigenvalue weighted by atomic mass is 9.98. The van der Waals surface area contributed by atoms with E-state index in [1.807, 2.05) is 13.8 Å². The van der Waals surface area contributed by atoms with E-state index in [0.717, 1.165) is 0 Å². The number of ether oxygens (including phenoxy) is 3. The van der Waals surface area contributed by atoms with Gasteiger partial charge in [0.25, 0.3) is 0 Å². The highest BCUT2D eigenvalue weighted by molar-refractivity contribution is 5.76. The summed E-state index contributed by atoms with van der Waals surface area (Å²) in [5.74, 6) is -2.39. The molecule has 0 radical (unpaired) electrons. The van der Waals surface area contributed by atoms with Crippen molar-refractivity contribution in [2.45, 2.75) is 73.0 Å². The first-order valence-electron chi connectivity index (χ1n) is 11.2. The maximum absolute atomic E-state index is 12.1. The van der Waals surface area contributed by atoms with Crippen molar-refractivity contribution in [1.29, 1.82) is 0 Å². The third-order valence-electron chi connectivity index (χ3n) is 5.11. The number of carboxylic acid groups (broad SMARTS) is 1. The number of hydrogen-bond donors (Lipinski definition) is 2. The van der Waals surface area contributed by atoms with Gasteiger partial charge < -0.3 is 24.6 Å². The van der Waals surface area contributed by atoms with Gasteiger partial charge in [-0.3, -0.25) is 19.2 Å². The lowest BCUT2D eigenvalue weighted by molar-refractivity contribution is -0.154. The Labute approximate surface area is 194 Å². The highest BCUT2D eigenvalue weighted by Crippen LogP contribution is 2.30. The fourth-order valence-corrected chi connectivity index (χ4v) is 2.64. The van der Waals surface area contributed by atoms with Crippen LogP contribution in [0.4, 0.5) is 0 Å². The van der Waals surface area contributed by atoms with Crippen LogP contribution in [0, 0.1) is 11.8 Å². The topological polar surface area (TPSA) is 128 Å². The van der Waals surface area contributed by atoms with Crippen molar-refractivity contribution < 1.29 is 38.5 Å². The average Bonchev–Trinajstić information content (AvgIpc) is 2.76. The number of hydrogen-bond acceptors (Lipinski definition) is 8. The predicted octanol–water partition coefficient (Wildman–Crippen LogP) is 3.13. The van der Waals surface area contributed by atoms with Crippen LogP contribution < -0.4 is 14.8 Å². The minimum absolute atomic E-state index is 0.0512. The second kappa shape index (κ2) is 13.6. The summed E-state index contributed by atoms with van der Waals surface area (Å²) >= 11 is 0. The molecule has 0 aliphatic carbocycles. The van der Waals surface area contributed by atoms with Crippen molar-refractivity contribution >= 4 is 23.9 Å². The van der Waals surface area contributed by atoms with Crippen LogP contribution in [0.1, 0.15) is 59.9 Å². The molecule has 0 fully saturated rings. The molecule has 1 aromatic rings. The summed E-state index contributed by atoms with van der Waals surface area (Å²) in [6.07, 6.45) is -0.182. The average molecular weight is 466 g/mol. The van der Waals surface area contributed by atoms with Gasteiger partial charge in [-0.2, -0.15) is 0 Å². The van der Waals surface area contributed by atoms with Gasteiger partial charge in [0.2, 0.25) is 0 Å². The zero-order valence-electron chi connectivity index (χ0n) is 20.2. The summed E-state index contributed by atoms with van der Waals surface area (Å²) in [6.45, 7) is 10.8. The van der Waals surface area contributed by atoms with E-state index in [0.29, 0.717) is 5.56 Å². The Morgan fingerprint density at radius 1 is 0.939 bits per heavy atom. The molecular formula is C24H35NO8. The van der Waals surface area contributed by atoms with E-state index in [-0.39, 0.29) is 55.1 Å². The molecule has 0 amide bonds. The van der Waals surface area contributed by atoms with Gasteiger partial charge >= 0.3 is 23.9 Å². The number of esters is 3. The Bertz CT molecular complexity index is 836. The van der Waals surface area contributed by atoms with Gasteiger partial charge in [-0.15, -0.1) is 0 Å². The zero-order chi connectivity index (χ0) is 25.1. The number of carbonyl (C=O) groups is 4. The first-order valence-corrected chi connectivity index (χ1v) is 11.2. The lowest BCUT2D eigenvalue weighted by Gasteiger charge is -2.21. The van der Waals surface area contributed by atoms with Gasteiger partial charge in [0.1, 0.15) is 12.1 Å². The summed E-state index contributed by atoms with van der Waals surface area (Å²) in [5.41, 5.74) is 0.558. The Hall–Kier alpha value is -2.94. The fraction of sp³-hybridized carbons (Fsp3) is 0.583. The fourth-order valence-electron chi connectivity index (χ4n) is 2.64. The van der Waals surface area contributed by atoms with E-state index in [2.05, 4.69) is 5.32 Å². The molecule has 184 valence electrons. The van der Waals surface area contributed by atoms with Crippen molar-refractivity contribution in [1.82, 2.24) is 5.32 Å². The number of carbonyl (C=O) groups excluding carboxylic acids is 3. The molecule has 0 spiro atoms. The van der Waals surface area contributed by atoms with E-state index in [9.17, 15) is 24.3 Å². The molecule has 2 unspecified atom stereocenters. The highest BCUT2D eigenvalue weighted by atomic mass is 16.6. The molecule has 0 aromatic heterocycles. The van der Waals surface area contributed by atoms with Crippen molar-refractivity contribution in [3.8, 4) is 11.5 Å². The summed E-state index contributed by atoms with van der Waals surface area (Å²) in [7, 11) is 0. The number of aliphatic carboxylic acids is 1. The summed E-state index contributed by atoms with van der Waals surface area (Å²) in [5, 5.41) is 12.5. The normalized spacial score (nSPS) is 13.7. The van der Waals surface area contributed by atoms with Crippen molar-refractivity contribution in [2.24, 2.45) is 11.8 Å². The zero-order valence-corrected chi connectivity index (χ0v) is 20.2. The van der Waals surface area contributed by atoms with Crippen LogP contribution in [-0.2, 0) is 30.3 Å². The standard InChI is InChI=1S/C24H35NO8/c1-7-21(26)32-19-10-9-17(12-20(19)33-22(27)8-2)11-18(23(28)29)25-13-15(5)31-24(30)16(6)14(3)4/h9-10,12,14-16,18,25H,7-8,11,13H2,1-6H3,(H,28,29)/t15?,16?,18-/m0/s1. The van der Waals surface area contributed by atoms with E-state index in [4.69, 9.17) is 14.2 Å². The van der Waals surface area contributed by atoms with E-state index in [1.165, 1.54) is 12.1 Å². The highest BCUT2D eigenvalue weighted by Gasteiger charge is 2.23. The van der Waals surface area contributed by atoms with Gasteiger partial charge in [0.05, 0.1) is 5.92 Å². The third-order valence-corrected chi connectivity index (χ3v) is 5.11. The molecule has 0 heterocycles. The number of benzene rings is 1. The molecule has 0 aliphatic heterocycles. The van der Waals surface area contributed by atoms with E-state index >= 15 is 0 Å². The van der Waals surface area contributed by atoms with Crippen molar-refractivity contribution in [3.63, 3.8) is 0 Å².